The van der Waals surface area contributed by atoms with Gasteiger partial charge in [-0.2, -0.15) is 0 Å². The second-order valence-electron chi connectivity index (χ2n) is 5.38. The minimum Gasteiger partial charge on any atom is -0.481 e. The van der Waals surface area contributed by atoms with Crippen molar-refractivity contribution in [3.8, 4) is 0 Å². The summed E-state index contributed by atoms with van der Waals surface area (Å²) in [7, 11) is 0. The van der Waals surface area contributed by atoms with Gasteiger partial charge < -0.3 is 10.4 Å². The molecule has 6 heteroatoms. The number of aromatic nitrogens is 2. The van der Waals surface area contributed by atoms with Crippen molar-refractivity contribution in [1.82, 2.24) is 9.97 Å². The molecule has 2 N–H and O–H groups in total. The molecule has 2 heterocycles. The maximum absolute atomic E-state index is 10.7. The number of fused-ring (bicyclic) bond motifs is 1. The molecular formula is C14H19N3O2S. The van der Waals surface area contributed by atoms with Crippen molar-refractivity contribution in [2.75, 3.05) is 5.32 Å². The number of anilines is 1. The predicted octanol–water partition coefficient (Wildman–Crippen LogP) is 3.31. The molecule has 0 atom stereocenters. The summed E-state index contributed by atoms with van der Waals surface area (Å²) in [5.74, 6) is 0.817. The largest absolute Gasteiger partial charge is 0.481 e. The van der Waals surface area contributed by atoms with Gasteiger partial charge in [-0.3, -0.25) is 4.79 Å². The summed E-state index contributed by atoms with van der Waals surface area (Å²) in [6, 6.07) is 2.00. The molecule has 0 amide bonds. The van der Waals surface area contributed by atoms with E-state index in [0.717, 1.165) is 28.3 Å². The zero-order chi connectivity index (χ0) is 14.8. The molecule has 0 saturated carbocycles. The van der Waals surface area contributed by atoms with Gasteiger partial charge in [0.1, 0.15) is 16.5 Å². The lowest BCUT2D eigenvalue weighted by Crippen LogP contribution is -2.32. The van der Waals surface area contributed by atoms with Crippen LogP contribution in [0.3, 0.4) is 0 Å². The minimum absolute atomic E-state index is 0.137. The molecule has 0 aliphatic carbocycles. The molecule has 0 spiro atoms. The van der Waals surface area contributed by atoms with Crippen molar-refractivity contribution in [2.45, 2.75) is 45.6 Å². The Kier molecular flexibility index (Phi) is 4.23. The van der Waals surface area contributed by atoms with Crippen LogP contribution in [0.2, 0.25) is 0 Å². The van der Waals surface area contributed by atoms with Gasteiger partial charge in [-0.25, -0.2) is 9.97 Å². The number of hydrogen-bond donors (Lipinski definition) is 2. The monoisotopic (exact) mass is 293 g/mol. The third-order valence-electron chi connectivity index (χ3n) is 3.11. The fraction of sp³-hybridized carbons (Fsp3) is 0.500. The van der Waals surface area contributed by atoms with E-state index in [2.05, 4.69) is 15.3 Å². The van der Waals surface area contributed by atoms with E-state index < -0.39 is 5.97 Å². The molecule has 0 unspecified atom stereocenters. The Labute approximate surface area is 122 Å². The highest BCUT2D eigenvalue weighted by atomic mass is 32.1. The van der Waals surface area contributed by atoms with Gasteiger partial charge in [0.05, 0.1) is 5.39 Å². The Morgan fingerprint density at radius 2 is 2.20 bits per heavy atom. The maximum Gasteiger partial charge on any atom is 0.303 e. The number of carboxylic acids is 1. The first-order chi connectivity index (χ1) is 9.41. The number of nitrogens with zero attached hydrogens (tertiary/aromatic N) is 2. The van der Waals surface area contributed by atoms with E-state index in [1.54, 1.807) is 11.3 Å². The van der Waals surface area contributed by atoms with Crippen LogP contribution in [0.25, 0.3) is 10.2 Å². The first kappa shape index (κ1) is 14.7. The number of carboxylic acid groups (broad SMARTS) is 1. The van der Waals surface area contributed by atoms with E-state index in [1.807, 2.05) is 32.2 Å². The zero-order valence-corrected chi connectivity index (χ0v) is 12.8. The molecule has 2 aromatic rings. The molecule has 0 aromatic carbocycles. The first-order valence-electron chi connectivity index (χ1n) is 6.65. The van der Waals surface area contributed by atoms with Crippen LogP contribution in [0.15, 0.2) is 11.4 Å². The van der Waals surface area contributed by atoms with Crippen LogP contribution < -0.4 is 5.32 Å². The summed E-state index contributed by atoms with van der Waals surface area (Å²) in [6.07, 6.45) is 1.45. The van der Waals surface area contributed by atoms with Crippen molar-refractivity contribution in [3.63, 3.8) is 0 Å². The van der Waals surface area contributed by atoms with Gasteiger partial charge in [0.15, 0.2) is 0 Å². The topological polar surface area (TPSA) is 75.1 Å². The molecule has 0 radical (unpaired) electrons. The van der Waals surface area contributed by atoms with Crippen molar-refractivity contribution in [2.24, 2.45) is 0 Å². The highest BCUT2D eigenvalue weighted by Crippen LogP contribution is 2.28. The molecule has 5 nitrogen and oxygen atoms in total. The molecular weight excluding hydrogens is 274 g/mol. The van der Waals surface area contributed by atoms with Gasteiger partial charge in [-0.1, -0.05) is 6.92 Å². The van der Waals surface area contributed by atoms with Gasteiger partial charge in [0, 0.05) is 18.4 Å². The zero-order valence-electron chi connectivity index (χ0n) is 11.9. The van der Waals surface area contributed by atoms with Crippen LogP contribution in [0.4, 0.5) is 5.82 Å². The van der Waals surface area contributed by atoms with Crippen molar-refractivity contribution in [1.29, 1.82) is 0 Å². The standard InChI is InChI=1S/C14H19N3O2S/c1-4-10-15-12(9-6-8-20-13(9)16-10)17-14(2,3)7-5-11(18)19/h6,8H,4-5,7H2,1-3H3,(H,18,19)(H,15,16,17). The SMILES string of the molecule is CCc1nc(NC(C)(C)CCC(=O)O)c2ccsc2n1. The van der Waals surface area contributed by atoms with E-state index in [4.69, 9.17) is 5.11 Å². The van der Waals surface area contributed by atoms with Gasteiger partial charge in [0.25, 0.3) is 0 Å². The lowest BCUT2D eigenvalue weighted by Gasteiger charge is -2.26. The number of hydrogen-bond acceptors (Lipinski definition) is 5. The number of nitrogens with one attached hydrogen (secondary N) is 1. The van der Waals surface area contributed by atoms with Gasteiger partial charge in [0.2, 0.25) is 0 Å². The number of aryl methyl sites for hydroxylation is 1. The summed E-state index contributed by atoms with van der Waals surface area (Å²) in [5.41, 5.74) is -0.327. The quantitative estimate of drug-likeness (QED) is 0.854. The number of thiophene rings is 1. The second kappa shape index (κ2) is 5.75. The molecule has 0 bridgehead atoms. The Morgan fingerprint density at radius 3 is 2.85 bits per heavy atom. The molecule has 0 aliphatic heterocycles. The van der Waals surface area contributed by atoms with Crippen molar-refractivity contribution >= 4 is 33.3 Å². The highest BCUT2D eigenvalue weighted by Gasteiger charge is 2.21. The van der Waals surface area contributed by atoms with E-state index in [1.165, 1.54) is 0 Å². The average molecular weight is 293 g/mol. The van der Waals surface area contributed by atoms with E-state index >= 15 is 0 Å². The molecule has 2 aromatic heterocycles. The van der Waals surface area contributed by atoms with Gasteiger partial charge in [-0.05, 0) is 31.7 Å². The van der Waals surface area contributed by atoms with Crippen LogP contribution in [0, 0.1) is 0 Å². The van der Waals surface area contributed by atoms with Crippen LogP contribution in [-0.2, 0) is 11.2 Å². The van der Waals surface area contributed by atoms with Gasteiger partial charge >= 0.3 is 5.97 Å². The summed E-state index contributed by atoms with van der Waals surface area (Å²) in [6.45, 7) is 6.00. The maximum atomic E-state index is 10.7. The normalized spacial score (nSPS) is 11.8. The number of aliphatic carboxylic acids is 1. The third-order valence-corrected chi connectivity index (χ3v) is 3.91. The van der Waals surface area contributed by atoms with Crippen LogP contribution in [-0.4, -0.2) is 26.6 Å². The smallest absolute Gasteiger partial charge is 0.303 e. The fourth-order valence-electron chi connectivity index (χ4n) is 1.96. The van der Waals surface area contributed by atoms with Crippen LogP contribution >= 0.6 is 11.3 Å². The van der Waals surface area contributed by atoms with Crippen molar-refractivity contribution < 1.29 is 9.90 Å². The Bertz CT molecular complexity index is 622. The second-order valence-corrected chi connectivity index (χ2v) is 6.28. The molecule has 2 rings (SSSR count). The van der Waals surface area contributed by atoms with Gasteiger partial charge in [-0.15, -0.1) is 11.3 Å². The summed E-state index contributed by atoms with van der Waals surface area (Å²) < 4.78 is 0. The highest BCUT2D eigenvalue weighted by molar-refractivity contribution is 7.16. The summed E-state index contributed by atoms with van der Waals surface area (Å²) >= 11 is 1.59. The van der Waals surface area contributed by atoms with Crippen LogP contribution in [0.5, 0.6) is 0 Å². The fourth-order valence-corrected chi connectivity index (χ4v) is 2.74. The third kappa shape index (κ3) is 3.45. The van der Waals surface area contributed by atoms with Crippen molar-refractivity contribution in [3.05, 3.63) is 17.3 Å². The molecule has 0 aliphatic rings. The molecule has 108 valence electrons. The number of rotatable bonds is 6. The summed E-state index contributed by atoms with van der Waals surface area (Å²) in [4.78, 5) is 20.7. The summed E-state index contributed by atoms with van der Waals surface area (Å²) in [5, 5.41) is 15.2. The van der Waals surface area contributed by atoms with Crippen LogP contribution in [0.1, 0.15) is 39.4 Å². The Hall–Kier alpha value is -1.69. The Morgan fingerprint density at radius 1 is 1.45 bits per heavy atom. The minimum atomic E-state index is -0.780. The predicted molar refractivity (Wildman–Crippen MR) is 81.4 cm³/mol. The van der Waals surface area contributed by atoms with E-state index in [-0.39, 0.29) is 12.0 Å². The lowest BCUT2D eigenvalue weighted by atomic mass is 9.98. The lowest BCUT2D eigenvalue weighted by molar-refractivity contribution is -0.137. The molecule has 0 fully saturated rings. The number of carbonyl (C=O) groups is 1. The molecule has 20 heavy (non-hydrogen) atoms. The molecule has 0 saturated heterocycles. The Balaban J connectivity index is 2.27. The van der Waals surface area contributed by atoms with E-state index in [9.17, 15) is 4.79 Å². The van der Waals surface area contributed by atoms with E-state index in [0.29, 0.717) is 6.42 Å². The first-order valence-corrected chi connectivity index (χ1v) is 7.53. The average Bonchev–Trinajstić information content (AvgIpc) is 2.84.